The van der Waals surface area contributed by atoms with Gasteiger partial charge in [0.2, 0.25) is 23.5 Å². The SMILES string of the molecule is CCCC(NC(=O)[C@@H]1[C@@H](CC)CC23CCCCC2[C@H](NC(=O)[C@H](CC(C)(C)C)NC(=O)c2cnccn2)C(=O)N13)C(=O)C(=O)NC1CC1. The van der Waals surface area contributed by atoms with Gasteiger partial charge in [0, 0.05) is 29.9 Å². The van der Waals surface area contributed by atoms with Crippen molar-refractivity contribution in [2.45, 2.75) is 141 Å². The molecular weight excluding hydrogens is 614 g/mol. The van der Waals surface area contributed by atoms with Crippen LogP contribution in [-0.4, -0.2) is 85.9 Å². The summed E-state index contributed by atoms with van der Waals surface area (Å²) in [5.74, 6) is -3.45. The highest BCUT2D eigenvalue weighted by molar-refractivity contribution is 6.38. The van der Waals surface area contributed by atoms with Gasteiger partial charge in [-0.05, 0) is 56.3 Å². The first kappa shape index (κ1) is 35.4. The van der Waals surface area contributed by atoms with Crippen LogP contribution in [0, 0.1) is 17.3 Å². The van der Waals surface area contributed by atoms with Gasteiger partial charge < -0.3 is 26.2 Å². The third-order valence-corrected chi connectivity index (χ3v) is 10.5. The number of carbonyl (C=O) groups excluding carboxylic acids is 6. The van der Waals surface area contributed by atoms with Crippen molar-refractivity contribution >= 4 is 35.3 Å². The molecule has 4 N–H and O–H groups in total. The molecule has 2 saturated heterocycles. The lowest BCUT2D eigenvalue weighted by Crippen LogP contribution is -2.57. The Hall–Kier alpha value is -3.90. The number of aromatic nitrogens is 2. The largest absolute Gasteiger partial charge is 0.347 e. The van der Waals surface area contributed by atoms with E-state index in [1.54, 1.807) is 4.90 Å². The van der Waals surface area contributed by atoms with Crippen molar-refractivity contribution in [1.29, 1.82) is 0 Å². The van der Waals surface area contributed by atoms with Crippen LogP contribution < -0.4 is 21.3 Å². The van der Waals surface area contributed by atoms with E-state index >= 15 is 0 Å². The second-order valence-electron chi connectivity index (χ2n) is 15.3. The summed E-state index contributed by atoms with van der Waals surface area (Å²) < 4.78 is 0. The van der Waals surface area contributed by atoms with Crippen LogP contribution in [0.5, 0.6) is 0 Å². The maximum absolute atomic E-state index is 14.5. The van der Waals surface area contributed by atoms with Crippen LogP contribution in [0.15, 0.2) is 18.6 Å². The van der Waals surface area contributed by atoms with E-state index in [0.717, 1.165) is 25.7 Å². The Bertz CT molecular complexity index is 1410. The number of rotatable bonds is 13. The summed E-state index contributed by atoms with van der Waals surface area (Å²) in [4.78, 5) is 91.1. The molecule has 4 fully saturated rings. The van der Waals surface area contributed by atoms with Crippen molar-refractivity contribution in [2.75, 3.05) is 0 Å². The predicted molar refractivity (Wildman–Crippen MR) is 176 cm³/mol. The summed E-state index contributed by atoms with van der Waals surface area (Å²) in [6.45, 7) is 9.79. The smallest absolute Gasteiger partial charge is 0.289 e. The van der Waals surface area contributed by atoms with E-state index in [-0.39, 0.29) is 34.9 Å². The number of hydrogen-bond donors (Lipinski definition) is 4. The van der Waals surface area contributed by atoms with Gasteiger partial charge >= 0.3 is 0 Å². The summed E-state index contributed by atoms with van der Waals surface area (Å²) >= 11 is 0. The lowest BCUT2D eigenvalue weighted by Gasteiger charge is -2.42. The lowest BCUT2D eigenvalue weighted by molar-refractivity contribution is -0.144. The van der Waals surface area contributed by atoms with Crippen LogP contribution in [0.1, 0.15) is 116 Å². The molecule has 4 aliphatic rings. The first-order chi connectivity index (χ1) is 22.8. The van der Waals surface area contributed by atoms with E-state index in [1.807, 2.05) is 34.6 Å². The first-order valence-corrected chi connectivity index (χ1v) is 17.6. The molecule has 1 aromatic rings. The molecular formula is C35H51N7O6. The van der Waals surface area contributed by atoms with Gasteiger partial charge in [-0.1, -0.05) is 60.3 Å². The fourth-order valence-electron chi connectivity index (χ4n) is 8.15. The van der Waals surface area contributed by atoms with Gasteiger partial charge in [-0.3, -0.25) is 33.8 Å². The maximum Gasteiger partial charge on any atom is 0.289 e. The van der Waals surface area contributed by atoms with E-state index in [1.165, 1.54) is 18.6 Å². The van der Waals surface area contributed by atoms with E-state index in [2.05, 4.69) is 31.2 Å². The van der Waals surface area contributed by atoms with Gasteiger partial charge in [-0.25, -0.2) is 4.98 Å². The summed E-state index contributed by atoms with van der Waals surface area (Å²) in [5, 5.41) is 11.4. The van der Waals surface area contributed by atoms with Crippen LogP contribution in [-0.2, 0) is 24.0 Å². The highest BCUT2D eigenvalue weighted by Gasteiger charge is 2.67. The molecule has 13 nitrogen and oxygen atoms in total. The third kappa shape index (κ3) is 7.39. The standard InChI is InChI=1S/C35H51N7O6/c1-6-10-23(28(43)32(47)38-21-12-13-21)39-31(46)27-20(7-2)17-35-14-9-8-11-22(35)26(33(48)42(27)35)41-29(44)24(18-34(3,4)5)40-30(45)25-19-36-15-16-37-25/h15-16,19-24,26-27H,6-14,17-18H2,1-5H3,(H,38,47)(H,39,46)(H,40,45)(H,41,44)/t20-,22?,23?,24-,26-,27-,35?/m0/s1. The Kier molecular flexibility index (Phi) is 10.5. The highest BCUT2D eigenvalue weighted by atomic mass is 16.2. The Morgan fingerprint density at radius 3 is 2.38 bits per heavy atom. The summed E-state index contributed by atoms with van der Waals surface area (Å²) in [7, 11) is 0. The number of carbonyl (C=O) groups is 6. The molecule has 7 atom stereocenters. The van der Waals surface area contributed by atoms with Gasteiger partial charge in [-0.15, -0.1) is 0 Å². The van der Waals surface area contributed by atoms with Crippen LogP contribution in [0.4, 0.5) is 0 Å². The molecule has 0 radical (unpaired) electrons. The van der Waals surface area contributed by atoms with Crippen LogP contribution in [0.3, 0.4) is 0 Å². The normalized spacial score (nSPS) is 27.7. The van der Waals surface area contributed by atoms with Gasteiger partial charge in [0.05, 0.1) is 12.2 Å². The molecule has 5 amide bonds. The quantitative estimate of drug-likeness (QED) is 0.232. The fourth-order valence-corrected chi connectivity index (χ4v) is 8.15. The van der Waals surface area contributed by atoms with E-state index < -0.39 is 59.1 Å². The van der Waals surface area contributed by atoms with Crippen LogP contribution >= 0.6 is 0 Å². The first-order valence-electron chi connectivity index (χ1n) is 17.6. The van der Waals surface area contributed by atoms with Crippen LogP contribution in [0.25, 0.3) is 0 Å². The average molecular weight is 666 g/mol. The van der Waals surface area contributed by atoms with E-state index in [9.17, 15) is 28.8 Å². The molecule has 48 heavy (non-hydrogen) atoms. The van der Waals surface area contributed by atoms with Crippen LogP contribution in [0.2, 0.25) is 0 Å². The monoisotopic (exact) mass is 665 g/mol. The third-order valence-electron chi connectivity index (χ3n) is 10.5. The van der Waals surface area contributed by atoms with Crippen molar-refractivity contribution in [3.05, 3.63) is 24.3 Å². The molecule has 1 aromatic heterocycles. The molecule has 3 heterocycles. The van der Waals surface area contributed by atoms with Gasteiger partial charge in [0.25, 0.3) is 11.8 Å². The number of hydrogen-bond acceptors (Lipinski definition) is 8. The van der Waals surface area contributed by atoms with E-state index in [0.29, 0.717) is 44.9 Å². The molecule has 2 aliphatic carbocycles. The zero-order valence-electron chi connectivity index (χ0n) is 28.8. The Morgan fingerprint density at radius 1 is 1.00 bits per heavy atom. The molecule has 2 aliphatic heterocycles. The summed E-state index contributed by atoms with van der Waals surface area (Å²) in [6.07, 6.45) is 11.6. The molecule has 3 unspecified atom stereocenters. The average Bonchev–Trinajstić information content (AvgIpc) is 3.76. The van der Waals surface area contributed by atoms with Crippen molar-refractivity contribution in [1.82, 2.24) is 36.1 Å². The van der Waals surface area contributed by atoms with Gasteiger partial charge in [-0.2, -0.15) is 0 Å². The zero-order valence-corrected chi connectivity index (χ0v) is 28.8. The van der Waals surface area contributed by atoms with Gasteiger partial charge in [0.15, 0.2) is 0 Å². The maximum atomic E-state index is 14.5. The van der Waals surface area contributed by atoms with Crippen molar-refractivity contribution in [3.63, 3.8) is 0 Å². The van der Waals surface area contributed by atoms with Crippen molar-refractivity contribution < 1.29 is 28.8 Å². The molecule has 2 saturated carbocycles. The number of amides is 5. The Labute approximate surface area is 282 Å². The second kappa shape index (κ2) is 14.3. The predicted octanol–water partition coefficient (Wildman–Crippen LogP) is 2.20. The van der Waals surface area contributed by atoms with Gasteiger partial charge in [0.1, 0.15) is 23.8 Å². The minimum Gasteiger partial charge on any atom is -0.347 e. The molecule has 1 spiro atoms. The summed E-state index contributed by atoms with van der Waals surface area (Å²) in [6, 6.07) is -3.60. The number of nitrogens with zero attached hydrogens (tertiary/aromatic N) is 3. The lowest BCUT2D eigenvalue weighted by atomic mass is 9.69. The van der Waals surface area contributed by atoms with E-state index in [4.69, 9.17) is 0 Å². The number of Topliss-reactive ketones (excluding diaryl/α,β-unsaturated/α-hetero) is 1. The van der Waals surface area contributed by atoms with Crippen molar-refractivity contribution in [3.8, 4) is 0 Å². The molecule has 13 heteroatoms. The molecule has 5 rings (SSSR count). The number of ketones is 1. The fraction of sp³-hybridized carbons (Fsp3) is 0.714. The Balaban J connectivity index is 1.38. The molecule has 0 aromatic carbocycles. The number of nitrogens with one attached hydrogen (secondary N) is 4. The summed E-state index contributed by atoms with van der Waals surface area (Å²) in [5.41, 5.74) is -0.855. The topological polar surface area (TPSA) is 180 Å². The Morgan fingerprint density at radius 2 is 1.75 bits per heavy atom. The van der Waals surface area contributed by atoms with Crippen molar-refractivity contribution in [2.24, 2.45) is 17.3 Å². The minimum absolute atomic E-state index is 0.0134. The molecule has 262 valence electrons. The zero-order chi connectivity index (χ0) is 34.8. The second-order valence-corrected chi connectivity index (χ2v) is 15.3. The minimum atomic E-state index is -0.985. The molecule has 0 bridgehead atoms. The highest BCUT2D eigenvalue weighted by Crippen LogP contribution is 2.56.